The molecule has 0 aliphatic carbocycles. The van der Waals surface area contributed by atoms with Gasteiger partial charge in [-0.15, -0.1) is 0 Å². The van der Waals surface area contributed by atoms with E-state index in [0.29, 0.717) is 26.2 Å². The van der Waals surface area contributed by atoms with E-state index in [2.05, 4.69) is 5.32 Å². The summed E-state index contributed by atoms with van der Waals surface area (Å²) < 4.78 is 5.18. The van der Waals surface area contributed by atoms with Crippen molar-refractivity contribution in [2.24, 2.45) is 0 Å². The lowest BCUT2D eigenvalue weighted by Crippen LogP contribution is -2.49. The zero-order valence-corrected chi connectivity index (χ0v) is 10.3. The molecule has 1 aliphatic rings. The fraction of sp³-hybridized carbons (Fsp3) is 0.818. The SMILES string of the molecule is CCOCC(C)NC(=O)N1CCCC1C(=O)O. The van der Waals surface area contributed by atoms with Crippen molar-refractivity contribution < 1.29 is 19.4 Å². The highest BCUT2D eigenvalue weighted by molar-refractivity contribution is 5.83. The molecule has 0 aromatic rings. The van der Waals surface area contributed by atoms with Crippen LogP contribution in [0.1, 0.15) is 26.7 Å². The molecule has 98 valence electrons. The third-order valence-electron chi connectivity index (χ3n) is 2.74. The Labute approximate surface area is 101 Å². The highest BCUT2D eigenvalue weighted by atomic mass is 16.5. The summed E-state index contributed by atoms with van der Waals surface area (Å²) in [5, 5.41) is 11.7. The zero-order valence-electron chi connectivity index (χ0n) is 10.3. The molecule has 1 rings (SSSR count). The maximum absolute atomic E-state index is 11.8. The first-order valence-corrected chi connectivity index (χ1v) is 5.94. The van der Waals surface area contributed by atoms with Crippen LogP contribution in [0.3, 0.4) is 0 Å². The van der Waals surface area contributed by atoms with Gasteiger partial charge in [0.05, 0.1) is 12.6 Å². The third kappa shape index (κ3) is 3.89. The Morgan fingerprint density at radius 1 is 1.59 bits per heavy atom. The second-order valence-electron chi connectivity index (χ2n) is 4.20. The van der Waals surface area contributed by atoms with Gasteiger partial charge >= 0.3 is 12.0 Å². The van der Waals surface area contributed by atoms with Crippen molar-refractivity contribution in [2.75, 3.05) is 19.8 Å². The number of carbonyl (C=O) groups excluding carboxylic acids is 1. The molecule has 1 aliphatic heterocycles. The van der Waals surface area contributed by atoms with Crippen LogP contribution in [0, 0.1) is 0 Å². The number of carboxylic acids is 1. The number of rotatable bonds is 5. The summed E-state index contributed by atoms with van der Waals surface area (Å²) >= 11 is 0. The largest absolute Gasteiger partial charge is 0.480 e. The molecule has 2 unspecified atom stereocenters. The number of urea groups is 1. The molecule has 1 heterocycles. The zero-order chi connectivity index (χ0) is 12.8. The number of likely N-dealkylation sites (tertiary alicyclic amines) is 1. The van der Waals surface area contributed by atoms with E-state index in [9.17, 15) is 9.59 Å². The van der Waals surface area contributed by atoms with E-state index in [0.717, 1.165) is 6.42 Å². The van der Waals surface area contributed by atoms with E-state index in [1.54, 1.807) is 0 Å². The number of aliphatic carboxylic acids is 1. The minimum Gasteiger partial charge on any atom is -0.480 e. The van der Waals surface area contributed by atoms with Gasteiger partial charge in [-0.25, -0.2) is 9.59 Å². The monoisotopic (exact) mass is 244 g/mol. The molecule has 6 nitrogen and oxygen atoms in total. The van der Waals surface area contributed by atoms with Crippen LogP contribution in [0.2, 0.25) is 0 Å². The predicted molar refractivity (Wildman–Crippen MR) is 61.9 cm³/mol. The summed E-state index contributed by atoms with van der Waals surface area (Å²) in [5.41, 5.74) is 0. The van der Waals surface area contributed by atoms with Gasteiger partial charge in [-0.1, -0.05) is 0 Å². The van der Waals surface area contributed by atoms with Crippen molar-refractivity contribution in [2.45, 2.75) is 38.8 Å². The summed E-state index contributed by atoms with van der Waals surface area (Å²) in [6.07, 6.45) is 1.27. The van der Waals surface area contributed by atoms with Crippen LogP contribution in [0.4, 0.5) is 4.79 Å². The molecule has 1 fully saturated rings. The van der Waals surface area contributed by atoms with Gasteiger partial charge in [-0.3, -0.25) is 0 Å². The maximum Gasteiger partial charge on any atom is 0.326 e. The van der Waals surface area contributed by atoms with Crippen LogP contribution in [0.5, 0.6) is 0 Å². The number of hydrogen-bond donors (Lipinski definition) is 2. The summed E-state index contributed by atoms with van der Waals surface area (Å²) in [4.78, 5) is 24.1. The van der Waals surface area contributed by atoms with Crippen LogP contribution in [-0.2, 0) is 9.53 Å². The lowest BCUT2D eigenvalue weighted by atomic mass is 10.2. The van der Waals surface area contributed by atoms with E-state index >= 15 is 0 Å². The van der Waals surface area contributed by atoms with E-state index in [1.807, 2.05) is 13.8 Å². The van der Waals surface area contributed by atoms with Gasteiger partial charge < -0.3 is 20.1 Å². The Kier molecular flexibility index (Phi) is 5.21. The number of carbonyl (C=O) groups is 2. The minimum atomic E-state index is -0.935. The van der Waals surface area contributed by atoms with Crippen molar-refractivity contribution in [3.8, 4) is 0 Å². The van der Waals surface area contributed by atoms with Crippen molar-refractivity contribution in [3.63, 3.8) is 0 Å². The molecule has 1 saturated heterocycles. The maximum atomic E-state index is 11.8. The molecule has 2 atom stereocenters. The highest BCUT2D eigenvalue weighted by Gasteiger charge is 2.34. The van der Waals surface area contributed by atoms with Gasteiger partial charge in [0.15, 0.2) is 0 Å². The molecule has 2 amide bonds. The smallest absolute Gasteiger partial charge is 0.326 e. The molecule has 0 spiro atoms. The molecule has 2 N–H and O–H groups in total. The first-order chi connectivity index (χ1) is 8.06. The van der Waals surface area contributed by atoms with Gasteiger partial charge in [-0.2, -0.15) is 0 Å². The van der Waals surface area contributed by atoms with Crippen LogP contribution in [0.25, 0.3) is 0 Å². The summed E-state index contributed by atoms with van der Waals surface area (Å²) in [6.45, 7) is 5.26. The topological polar surface area (TPSA) is 78.9 Å². The number of ether oxygens (including phenoxy) is 1. The Hall–Kier alpha value is -1.30. The Morgan fingerprint density at radius 3 is 2.88 bits per heavy atom. The molecule has 0 aromatic heterocycles. The first kappa shape index (κ1) is 13.8. The van der Waals surface area contributed by atoms with Crippen molar-refractivity contribution in [1.82, 2.24) is 10.2 Å². The molecule has 0 saturated carbocycles. The molecule has 17 heavy (non-hydrogen) atoms. The lowest BCUT2D eigenvalue weighted by Gasteiger charge is -2.24. The van der Waals surface area contributed by atoms with E-state index in [-0.39, 0.29) is 12.1 Å². The fourth-order valence-electron chi connectivity index (χ4n) is 1.90. The second kappa shape index (κ2) is 6.44. The number of nitrogens with zero attached hydrogens (tertiary/aromatic N) is 1. The number of amides is 2. The van der Waals surface area contributed by atoms with Gasteiger partial charge in [0.25, 0.3) is 0 Å². The Balaban J connectivity index is 2.43. The number of nitrogens with one attached hydrogen (secondary N) is 1. The molecule has 0 aromatic carbocycles. The van der Waals surface area contributed by atoms with Gasteiger partial charge in [0, 0.05) is 13.2 Å². The summed E-state index contributed by atoms with van der Waals surface area (Å²) in [6, 6.07) is -1.12. The molecule has 0 radical (unpaired) electrons. The second-order valence-corrected chi connectivity index (χ2v) is 4.20. The van der Waals surface area contributed by atoms with Crippen molar-refractivity contribution in [1.29, 1.82) is 0 Å². The summed E-state index contributed by atoms with van der Waals surface area (Å²) in [5.74, 6) is -0.935. The quantitative estimate of drug-likeness (QED) is 0.745. The number of hydrogen-bond acceptors (Lipinski definition) is 3. The van der Waals surface area contributed by atoms with Gasteiger partial charge in [0.1, 0.15) is 6.04 Å². The average Bonchev–Trinajstić information content (AvgIpc) is 2.75. The minimum absolute atomic E-state index is 0.113. The third-order valence-corrected chi connectivity index (χ3v) is 2.74. The van der Waals surface area contributed by atoms with Crippen LogP contribution in [0.15, 0.2) is 0 Å². The first-order valence-electron chi connectivity index (χ1n) is 5.94. The average molecular weight is 244 g/mol. The van der Waals surface area contributed by atoms with Crippen LogP contribution in [-0.4, -0.2) is 53.8 Å². The number of carboxylic acid groups (broad SMARTS) is 1. The molecule has 0 bridgehead atoms. The molecular weight excluding hydrogens is 224 g/mol. The van der Waals surface area contributed by atoms with E-state index in [1.165, 1.54) is 4.90 Å². The molecular formula is C11H20N2O4. The van der Waals surface area contributed by atoms with Gasteiger partial charge in [-0.05, 0) is 26.7 Å². The van der Waals surface area contributed by atoms with Crippen molar-refractivity contribution >= 4 is 12.0 Å². The van der Waals surface area contributed by atoms with E-state index in [4.69, 9.17) is 9.84 Å². The fourth-order valence-corrected chi connectivity index (χ4v) is 1.90. The van der Waals surface area contributed by atoms with Gasteiger partial charge in [0.2, 0.25) is 0 Å². The van der Waals surface area contributed by atoms with Crippen LogP contribution < -0.4 is 5.32 Å². The summed E-state index contributed by atoms with van der Waals surface area (Å²) in [7, 11) is 0. The highest BCUT2D eigenvalue weighted by Crippen LogP contribution is 2.17. The lowest BCUT2D eigenvalue weighted by molar-refractivity contribution is -0.141. The molecule has 6 heteroatoms. The van der Waals surface area contributed by atoms with E-state index < -0.39 is 12.0 Å². The normalized spacial score (nSPS) is 21.3. The van der Waals surface area contributed by atoms with Crippen molar-refractivity contribution in [3.05, 3.63) is 0 Å². The standard InChI is InChI=1S/C11H20N2O4/c1-3-17-7-8(2)12-11(16)13-6-4-5-9(13)10(14)15/h8-9H,3-7H2,1-2H3,(H,12,16)(H,14,15). The predicted octanol–water partition coefficient (Wildman–Crippen LogP) is 0.670. The Bertz CT molecular complexity index is 283. The van der Waals surface area contributed by atoms with Crippen LogP contribution >= 0.6 is 0 Å². The Morgan fingerprint density at radius 2 is 2.29 bits per heavy atom.